The molecule has 0 saturated carbocycles. The Bertz CT molecular complexity index is 306. The van der Waals surface area contributed by atoms with Gasteiger partial charge in [-0.05, 0) is 24.1 Å². The fourth-order valence-corrected chi connectivity index (χ4v) is 1.50. The summed E-state index contributed by atoms with van der Waals surface area (Å²) in [5.74, 6) is -0.295. The van der Waals surface area contributed by atoms with E-state index in [1.807, 2.05) is 13.8 Å². The van der Waals surface area contributed by atoms with Crippen LogP contribution in [0.2, 0.25) is 0 Å². The lowest BCUT2D eigenvalue weighted by molar-refractivity contribution is 0.0391. The van der Waals surface area contributed by atoms with Crippen molar-refractivity contribution in [3.8, 4) is 0 Å². The molecule has 0 fully saturated rings. The zero-order valence-electron chi connectivity index (χ0n) is 9.20. The average molecular weight is 211 g/mol. The lowest BCUT2D eigenvalue weighted by Crippen LogP contribution is -2.33. The molecule has 0 aliphatic carbocycles. The first-order valence-corrected chi connectivity index (χ1v) is 5.17. The van der Waals surface area contributed by atoms with Crippen LogP contribution in [0, 0.1) is 11.2 Å². The SMILES string of the molecule is CCC(C)(CN)C(O)c1ccc(F)cc1. The van der Waals surface area contributed by atoms with E-state index in [-0.39, 0.29) is 11.2 Å². The van der Waals surface area contributed by atoms with Gasteiger partial charge in [0.1, 0.15) is 5.82 Å². The largest absolute Gasteiger partial charge is 0.388 e. The zero-order chi connectivity index (χ0) is 11.5. The van der Waals surface area contributed by atoms with Crippen molar-refractivity contribution in [2.24, 2.45) is 11.1 Å². The van der Waals surface area contributed by atoms with Crippen molar-refractivity contribution in [3.05, 3.63) is 35.6 Å². The van der Waals surface area contributed by atoms with Crippen LogP contribution in [0.5, 0.6) is 0 Å². The monoisotopic (exact) mass is 211 g/mol. The molecule has 0 aromatic heterocycles. The van der Waals surface area contributed by atoms with Gasteiger partial charge in [0.2, 0.25) is 0 Å². The predicted molar refractivity (Wildman–Crippen MR) is 58.8 cm³/mol. The highest BCUT2D eigenvalue weighted by molar-refractivity contribution is 5.20. The molecule has 2 unspecified atom stereocenters. The van der Waals surface area contributed by atoms with Gasteiger partial charge in [0.15, 0.2) is 0 Å². The van der Waals surface area contributed by atoms with E-state index in [2.05, 4.69) is 0 Å². The third-order valence-corrected chi connectivity index (χ3v) is 3.12. The Morgan fingerprint density at radius 2 is 1.93 bits per heavy atom. The summed E-state index contributed by atoms with van der Waals surface area (Å²) >= 11 is 0. The van der Waals surface area contributed by atoms with Crippen LogP contribution in [0.25, 0.3) is 0 Å². The molecule has 0 amide bonds. The molecule has 3 heteroatoms. The fourth-order valence-electron chi connectivity index (χ4n) is 1.50. The molecule has 1 aromatic carbocycles. The highest BCUT2D eigenvalue weighted by atomic mass is 19.1. The maximum Gasteiger partial charge on any atom is 0.123 e. The summed E-state index contributed by atoms with van der Waals surface area (Å²) in [6.45, 7) is 4.32. The van der Waals surface area contributed by atoms with Crippen molar-refractivity contribution in [1.29, 1.82) is 0 Å². The molecule has 0 heterocycles. The smallest absolute Gasteiger partial charge is 0.123 e. The first kappa shape index (κ1) is 12.1. The van der Waals surface area contributed by atoms with Crippen LogP contribution in [0.1, 0.15) is 31.9 Å². The standard InChI is InChI=1S/C12H18FNO/c1-3-12(2,8-14)11(15)9-4-6-10(13)7-5-9/h4-7,11,15H,3,8,14H2,1-2H3. The molecule has 0 bridgehead atoms. The molecule has 0 radical (unpaired) electrons. The molecule has 0 spiro atoms. The van der Waals surface area contributed by atoms with E-state index < -0.39 is 6.10 Å². The van der Waals surface area contributed by atoms with Gasteiger partial charge in [-0.25, -0.2) is 4.39 Å². The van der Waals surface area contributed by atoms with Gasteiger partial charge in [0, 0.05) is 12.0 Å². The van der Waals surface area contributed by atoms with Gasteiger partial charge in [0.05, 0.1) is 6.10 Å². The number of halogens is 1. The Morgan fingerprint density at radius 1 is 1.40 bits per heavy atom. The van der Waals surface area contributed by atoms with E-state index in [1.54, 1.807) is 12.1 Å². The first-order chi connectivity index (χ1) is 7.03. The van der Waals surface area contributed by atoms with Gasteiger partial charge in [-0.1, -0.05) is 26.0 Å². The summed E-state index contributed by atoms with van der Waals surface area (Å²) in [6.07, 6.45) is 0.135. The molecule has 2 nitrogen and oxygen atoms in total. The van der Waals surface area contributed by atoms with Crippen molar-refractivity contribution in [2.75, 3.05) is 6.54 Å². The lowest BCUT2D eigenvalue weighted by Gasteiger charge is -2.32. The Morgan fingerprint density at radius 3 is 2.33 bits per heavy atom. The van der Waals surface area contributed by atoms with Crippen LogP contribution in [-0.4, -0.2) is 11.7 Å². The molecule has 0 saturated heterocycles. The average Bonchev–Trinajstić information content (AvgIpc) is 2.28. The highest BCUT2D eigenvalue weighted by Crippen LogP contribution is 2.35. The number of nitrogens with two attached hydrogens (primary N) is 1. The second-order valence-electron chi connectivity index (χ2n) is 4.17. The first-order valence-electron chi connectivity index (χ1n) is 5.17. The van der Waals surface area contributed by atoms with Crippen LogP contribution in [0.15, 0.2) is 24.3 Å². The topological polar surface area (TPSA) is 46.2 Å². The molecule has 0 aliphatic heterocycles. The molecule has 84 valence electrons. The molecule has 15 heavy (non-hydrogen) atoms. The third kappa shape index (κ3) is 2.55. The van der Waals surface area contributed by atoms with Crippen molar-refractivity contribution in [2.45, 2.75) is 26.4 Å². The summed E-state index contributed by atoms with van der Waals surface area (Å²) in [6, 6.07) is 5.91. The van der Waals surface area contributed by atoms with Gasteiger partial charge in [-0.2, -0.15) is 0 Å². The number of aliphatic hydroxyl groups excluding tert-OH is 1. The molecule has 1 aromatic rings. The minimum absolute atomic E-state index is 0.295. The molecular weight excluding hydrogens is 193 g/mol. The Labute approximate surface area is 89.9 Å². The maximum absolute atomic E-state index is 12.7. The predicted octanol–water partition coefficient (Wildman–Crippen LogP) is 2.23. The van der Waals surface area contributed by atoms with E-state index in [0.717, 1.165) is 6.42 Å². The normalized spacial score (nSPS) is 17.1. The van der Waals surface area contributed by atoms with Crippen LogP contribution >= 0.6 is 0 Å². The van der Waals surface area contributed by atoms with Gasteiger partial charge in [0.25, 0.3) is 0 Å². The van der Waals surface area contributed by atoms with E-state index in [0.29, 0.717) is 12.1 Å². The van der Waals surface area contributed by atoms with Crippen LogP contribution in [0.3, 0.4) is 0 Å². The van der Waals surface area contributed by atoms with Crippen molar-refractivity contribution in [3.63, 3.8) is 0 Å². The number of hydrogen-bond acceptors (Lipinski definition) is 2. The Kier molecular flexibility index (Phi) is 3.83. The Balaban J connectivity index is 2.92. The zero-order valence-corrected chi connectivity index (χ0v) is 9.20. The van der Waals surface area contributed by atoms with Crippen molar-refractivity contribution in [1.82, 2.24) is 0 Å². The number of hydrogen-bond donors (Lipinski definition) is 2. The minimum Gasteiger partial charge on any atom is -0.388 e. The second-order valence-corrected chi connectivity index (χ2v) is 4.17. The number of rotatable bonds is 4. The highest BCUT2D eigenvalue weighted by Gasteiger charge is 2.30. The molecule has 2 atom stereocenters. The van der Waals surface area contributed by atoms with Gasteiger partial charge in [-0.3, -0.25) is 0 Å². The summed E-state index contributed by atoms with van der Waals surface area (Å²) in [5.41, 5.74) is 6.02. The summed E-state index contributed by atoms with van der Waals surface area (Å²) in [7, 11) is 0. The number of benzene rings is 1. The quantitative estimate of drug-likeness (QED) is 0.802. The van der Waals surface area contributed by atoms with E-state index >= 15 is 0 Å². The van der Waals surface area contributed by atoms with E-state index in [9.17, 15) is 9.50 Å². The van der Waals surface area contributed by atoms with Crippen molar-refractivity contribution < 1.29 is 9.50 Å². The van der Waals surface area contributed by atoms with Gasteiger partial charge in [-0.15, -0.1) is 0 Å². The lowest BCUT2D eigenvalue weighted by atomic mass is 9.78. The fraction of sp³-hybridized carbons (Fsp3) is 0.500. The van der Waals surface area contributed by atoms with Gasteiger partial charge >= 0.3 is 0 Å². The summed E-state index contributed by atoms with van der Waals surface area (Å²) in [5, 5.41) is 10.1. The third-order valence-electron chi connectivity index (χ3n) is 3.12. The van der Waals surface area contributed by atoms with Gasteiger partial charge < -0.3 is 10.8 Å². The van der Waals surface area contributed by atoms with E-state index in [1.165, 1.54) is 12.1 Å². The molecule has 3 N–H and O–H groups in total. The molecule has 0 aliphatic rings. The maximum atomic E-state index is 12.7. The van der Waals surface area contributed by atoms with Crippen LogP contribution < -0.4 is 5.73 Å². The number of aliphatic hydroxyl groups is 1. The van der Waals surface area contributed by atoms with Crippen LogP contribution in [-0.2, 0) is 0 Å². The summed E-state index contributed by atoms with van der Waals surface area (Å²) < 4.78 is 12.7. The van der Waals surface area contributed by atoms with Crippen molar-refractivity contribution >= 4 is 0 Å². The Hall–Kier alpha value is -0.930. The molecule has 1 rings (SSSR count). The second kappa shape index (κ2) is 4.73. The van der Waals surface area contributed by atoms with E-state index in [4.69, 9.17) is 5.73 Å². The molecular formula is C12H18FNO. The summed E-state index contributed by atoms with van der Waals surface area (Å²) in [4.78, 5) is 0. The van der Waals surface area contributed by atoms with Crippen LogP contribution in [0.4, 0.5) is 4.39 Å². The minimum atomic E-state index is -0.645.